The maximum Gasteiger partial charge on any atom is 0.228 e. The van der Waals surface area contributed by atoms with Gasteiger partial charge in [-0.2, -0.15) is 4.98 Å². The van der Waals surface area contributed by atoms with E-state index in [1.807, 2.05) is 18.2 Å². The van der Waals surface area contributed by atoms with Gasteiger partial charge in [0.1, 0.15) is 11.9 Å². The molecule has 1 aliphatic heterocycles. The second-order valence-corrected chi connectivity index (χ2v) is 7.41. The average molecular weight is 445 g/mol. The van der Waals surface area contributed by atoms with Crippen molar-refractivity contribution in [1.82, 2.24) is 9.97 Å². The number of benzene rings is 2. The summed E-state index contributed by atoms with van der Waals surface area (Å²) in [5, 5.41) is 0.735. The maximum atomic E-state index is 6.23. The Hall–Kier alpha value is -2.58. The molecule has 1 atom stereocenters. The molecule has 146 valence electrons. The van der Waals surface area contributed by atoms with Gasteiger partial charge in [0.05, 0.1) is 32.9 Å². The zero-order valence-corrected chi connectivity index (χ0v) is 17.3. The lowest BCUT2D eigenvalue weighted by atomic mass is 10.1. The lowest BCUT2D eigenvalue weighted by molar-refractivity contribution is 0.0392. The number of nitrogens with zero attached hydrogens (tertiary/aromatic N) is 3. The van der Waals surface area contributed by atoms with E-state index in [-0.39, 0.29) is 6.10 Å². The van der Waals surface area contributed by atoms with Gasteiger partial charge in [0.2, 0.25) is 5.95 Å². The first kappa shape index (κ1) is 18.8. The second kappa shape index (κ2) is 7.81. The second-order valence-electron chi connectivity index (χ2n) is 6.49. The predicted octanol–water partition coefficient (Wildman–Crippen LogP) is 3.57. The summed E-state index contributed by atoms with van der Waals surface area (Å²) < 4.78 is 17.7. The topological polar surface area (TPSA) is 82.7 Å². The third kappa shape index (κ3) is 3.57. The Kier molecular flexibility index (Phi) is 5.23. The van der Waals surface area contributed by atoms with Crippen molar-refractivity contribution in [3.05, 3.63) is 46.4 Å². The Morgan fingerprint density at radius 3 is 2.54 bits per heavy atom. The van der Waals surface area contributed by atoms with E-state index in [1.165, 1.54) is 0 Å². The van der Waals surface area contributed by atoms with Gasteiger partial charge in [-0.3, -0.25) is 0 Å². The van der Waals surface area contributed by atoms with Gasteiger partial charge < -0.3 is 24.8 Å². The van der Waals surface area contributed by atoms with E-state index in [0.717, 1.165) is 15.4 Å². The number of anilines is 2. The Bertz CT molecular complexity index is 997. The van der Waals surface area contributed by atoms with Gasteiger partial charge in [-0.1, -0.05) is 28.1 Å². The zero-order chi connectivity index (χ0) is 19.7. The monoisotopic (exact) mass is 444 g/mol. The van der Waals surface area contributed by atoms with Gasteiger partial charge in [0, 0.05) is 22.5 Å². The van der Waals surface area contributed by atoms with Crippen molar-refractivity contribution < 1.29 is 14.2 Å². The zero-order valence-electron chi connectivity index (χ0n) is 15.7. The summed E-state index contributed by atoms with van der Waals surface area (Å²) in [5.74, 6) is 2.20. The lowest BCUT2D eigenvalue weighted by Gasteiger charge is -2.33. The van der Waals surface area contributed by atoms with E-state index < -0.39 is 0 Å². The maximum absolute atomic E-state index is 6.23. The largest absolute Gasteiger partial charge is 0.493 e. The molecular weight excluding hydrogens is 424 g/mol. The number of rotatable bonds is 4. The number of nitrogens with two attached hydrogens (primary N) is 1. The smallest absolute Gasteiger partial charge is 0.228 e. The van der Waals surface area contributed by atoms with Crippen LogP contribution in [-0.2, 0) is 4.74 Å². The molecule has 0 bridgehead atoms. The van der Waals surface area contributed by atoms with Gasteiger partial charge in [0.25, 0.3) is 0 Å². The lowest BCUT2D eigenvalue weighted by Crippen LogP contribution is -2.39. The van der Waals surface area contributed by atoms with Crippen LogP contribution in [0.1, 0.15) is 11.7 Å². The number of nitrogen functional groups attached to an aromatic ring is 1. The first-order valence-corrected chi connectivity index (χ1v) is 9.69. The molecule has 1 saturated heterocycles. The summed E-state index contributed by atoms with van der Waals surface area (Å²) in [7, 11) is 3.19. The minimum atomic E-state index is -0.0484. The van der Waals surface area contributed by atoms with Gasteiger partial charge in [-0.25, -0.2) is 4.98 Å². The molecule has 7 nitrogen and oxygen atoms in total. The molecule has 28 heavy (non-hydrogen) atoms. The highest BCUT2D eigenvalue weighted by Gasteiger charge is 2.24. The fourth-order valence-electron chi connectivity index (χ4n) is 3.32. The Morgan fingerprint density at radius 1 is 1.11 bits per heavy atom. The highest BCUT2D eigenvalue weighted by molar-refractivity contribution is 9.10. The minimum absolute atomic E-state index is 0.0484. The van der Waals surface area contributed by atoms with Crippen LogP contribution < -0.4 is 20.1 Å². The number of hydrogen-bond acceptors (Lipinski definition) is 7. The van der Waals surface area contributed by atoms with Gasteiger partial charge in [-0.05, 0) is 23.8 Å². The van der Waals surface area contributed by atoms with Crippen LogP contribution in [0, 0.1) is 0 Å². The minimum Gasteiger partial charge on any atom is -0.493 e. The van der Waals surface area contributed by atoms with Crippen molar-refractivity contribution in [2.24, 2.45) is 0 Å². The summed E-state index contributed by atoms with van der Waals surface area (Å²) in [6, 6.07) is 11.8. The standard InChI is InChI=1S/C20H21BrN4O3/c1-26-16-9-14-15(10-17(16)27-2)23-20(24-19(14)22)25-7-8-28-18(11-25)12-3-5-13(21)6-4-12/h3-6,9-10,18H,7-8,11H2,1-2H3,(H2,22,23,24). The Balaban J connectivity index is 1.67. The van der Waals surface area contributed by atoms with E-state index >= 15 is 0 Å². The van der Waals surface area contributed by atoms with Crippen molar-refractivity contribution in [3.63, 3.8) is 0 Å². The molecule has 0 aliphatic carbocycles. The molecule has 2 aromatic carbocycles. The average Bonchev–Trinajstić information content (AvgIpc) is 2.73. The molecule has 0 radical (unpaired) electrons. The molecule has 2 heterocycles. The summed E-state index contributed by atoms with van der Waals surface area (Å²) in [4.78, 5) is 11.4. The Morgan fingerprint density at radius 2 is 1.82 bits per heavy atom. The normalized spacial score (nSPS) is 17.0. The van der Waals surface area contributed by atoms with Gasteiger partial charge in [0.15, 0.2) is 11.5 Å². The highest BCUT2D eigenvalue weighted by Crippen LogP contribution is 2.34. The molecule has 0 amide bonds. The van der Waals surface area contributed by atoms with Crippen molar-refractivity contribution in [3.8, 4) is 11.5 Å². The van der Waals surface area contributed by atoms with Gasteiger partial charge >= 0.3 is 0 Å². The van der Waals surface area contributed by atoms with Gasteiger partial charge in [-0.15, -0.1) is 0 Å². The number of methoxy groups -OCH3 is 2. The number of ether oxygens (including phenoxy) is 3. The molecular formula is C20H21BrN4O3. The van der Waals surface area contributed by atoms with Crippen molar-refractivity contribution in [2.45, 2.75) is 6.10 Å². The van der Waals surface area contributed by atoms with Crippen LogP contribution in [0.25, 0.3) is 10.9 Å². The molecule has 8 heteroatoms. The van der Waals surface area contributed by atoms with Crippen LogP contribution in [0.2, 0.25) is 0 Å². The summed E-state index contributed by atoms with van der Waals surface area (Å²) >= 11 is 3.47. The first-order chi connectivity index (χ1) is 13.6. The fraction of sp³-hybridized carbons (Fsp3) is 0.300. The SMILES string of the molecule is COc1cc2nc(N3CCOC(c4ccc(Br)cc4)C3)nc(N)c2cc1OC. The predicted molar refractivity (Wildman–Crippen MR) is 112 cm³/mol. The van der Waals surface area contributed by atoms with Crippen LogP contribution in [0.15, 0.2) is 40.9 Å². The van der Waals surface area contributed by atoms with Crippen LogP contribution in [0.3, 0.4) is 0 Å². The molecule has 1 aliphatic rings. The first-order valence-electron chi connectivity index (χ1n) is 8.90. The molecule has 1 unspecified atom stereocenters. The molecule has 0 saturated carbocycles. The van der Waals surface area contributed by atoms with Crippen molar-refractivity contribution >= 4 is 38.6 Å². The van der Waals surface area contributed by atoms with Crippen LogP contribution in [0.4, 0.5) is 11.8 Å². The van der Waals surface area contributed by atoms with Crippen LogP contribution in [0.5, 0.6) is 11.5 Å². The van der Waals surface area contributed by atoms with E-state index in [2.05, 4.69) is 37.9 Å². The molecule has 1 aromatic heterocycles. The highest BCUT2D eigenvalue weighted by atomic mass is 79.9. The molecule has 0 spiro atoms. The molecule has 1 fully saturated rings. The van der Waals surface area contributed by atoms with Crippen LogP contribution >= 0.6 is 15.9 Å². The van der Waals surface area contributed by atoms with Crippen LogP contribution in [-0.4, -0.2) is 43.9 Å². The van der Waals surface area contributed by atoms with E-state index in [9.17, 15) is 0 Å². The number of morpholine rings is 1. The van der Waals surface area contributed by atoms with Crippen molar-refractivity contribution in [1.29, 1.82) is 0 Å². The third-order valence-corrected chi connectivity index (χ3v) is 5.34. The molecule has 4 rings (SSSR count). The summed E-state index contributed by atoms with van der Waals surface area (Å²) in [6.45, 7) is 1.94. The van der Waals surface area contributed by atoms with E-state index in [0.29, 0.717) is 48.5 Å². The van der Waals surface area contributed by atoms with Crippen molar-refractivity contribution in [2.75, 3.05) is 44.5 Å². The number of aromatic nitrogens is 2. The molecule has 3 aromatic rings. The van der Waals surface area contributed by atoms with E-state index in [1.54, 1.807) is 20.3 Å². The number of fused-ring (bicyclic) bond motifs is 1. The Labute approximate surface area is 171 Å². The summed E-state index contributed by atoms with van der Waals surface area (Å²) in [6.07, 6.45) is -0.0484. The third-order valence-electron chi connectivity index (χ3n) is 4.81. The fourth-order valence-corrected chi connectivity index (χ4v) is 3.58. The molecule has 2 N–H and O–H groups in total. The van der Waals surface area contributed by atoms with E-state index in [4.69, 9.17) is 24.9 Å². The number of halogens is 1. The summed E-state index contributed by atoms with van der Waals surface area (Å²) in [5.41, 5.74) is 8.06. The quantitative estimate of drug-likeness (QED) is 0.658. The number of hydrogen-bond donors (Lipinski definition) is 1.